The third kappa shape index (κ3) is 2.37. The smallest absolute Gasteiger partial charge is 0.130 e. The Balaban J connectivity index is 2.18. The number of nitrogens with two attached hydrogens (primary N) is 2. The summed E-state index contributed by atoms with van der Waals surface area (Å²) in [6, 6.07) is 11.1. The number of aromatic nitrogens is 1. The Kier molecular flexibility index (Phi) is 2.41. The number of hydrogen-bond donors (Lipinski definition) is 3. The lowest BCUT2D eigenvalue weighted by Crippen LogP contribution is -1.95. The van der Waals surface area contributed by atoms with Gasteiger partial charge in [0.1, 0.15) is 5.82 Å². The molecule has 0 fully saturated rings. The van der Waals surface area contributed by atoms with E-state index in [1.54, 1.807) is 12.3 Å². The molecule has 2 rings (SSSR count). The Morgan fingerprint density at radius 3 is 2.53 bits per heavy atom. The summed E-state index contributed by atoms with van der Waals surface area (Å²) in [4.78, 5) is 4.13. The quantitative estimate of drug-likeness (QED) is 0.648. The molecule has 2 aromatic rings. The molecule has 4 heteroatoms. The monoisotopic (exact) mass is 200 g/mol. The highest BCUT2D eigenvalue weighted by molar-refractivity contribution is 5.61. The van der Waals surface area contributed by atoms with Crippen LogP contribution in [0.5, 0.6) is 0 Å². The van der Waals surface area contributed by atoms with E-state index in [-0.39, 0.29) is 0 Å². The molecule has 0 aliphatic rings. The van der Waals surface area contributed by atoms with Gasteiger partial charge in [-0.2, -0.15) is 0 Å². The zero-order valence-corrected chi connectivity index (χ0v) is 8.14. The van der Waals surface area contributed by atoms with Crippen LogP contribution in [0, 0.1) is 0 Å². The summed E-state index contributed by atoms with van der Waals surface area (Å²) < 4.78 is 0. The molecule has 4 nitrogen and oxygen atoms in total. The predicted molar refractivity (Wildman–Crippen MR) is 62.8 cm³/mol. The lowest BCUT2D eigenvalue weighted by Gasteiger charge is -2.05. The second kappa shape index (κ2) is 3.88. The van der Waals surface area contributed by atoms with Crippen LogP contribution in [0.3, 0.4) is 0 Å². The van der Waals surface area contributed by atoms with Crippen molar-refractivity contribution in [3.63, 3.8) is 0 Å². The van der Waals surface area contributed by atoms with Gasteiger partial charge in [-0.15, -0.1) is 0 Å². The maximum atomic E-state index is 5.66. The van der Waals surface area contributed by atoms with Crippen LogP contribution < -0.4 is 16.8 Å². The second-order valence-electron chi connectivity index (χ2n) is 3.23. The molecule has 15 heavy (non-hydrogen) atoms. The molecule has 1 heterocycles. The van der Waals surface area contributed by atoms with E-state index in [4.69, 9.17) is 11.5 Å². The van der Waals surface area contributed by atoms with Crippen LogP contribution >= 0.6 is 0 Å². The molecule has 0 unspecified atom stereocenters. The molecular formula is C11H12N4. The molecule has 0 aliphatic carbocycles. The van der Waals surface area contributed by atoms with Crippen LogP contribution in [0.15, 0.2) is 42.6 Å². The van der Waals surface area contributed by atoms with Gasteiger partial charge in [0.25, 0.3) is 0 Å². The third-order valence-corrected chi connectivity index (χ3v) is 1.95. The van der Waals surface area contributed by atoms with E-state index >= 15 is 0 Å². The van der Waals surface area contributed by atoms with E-state index in [0.717, 1.165) is 17.2 Å². The van der Waals surface area contributed by atoms with E-state index in [0.29, 0.717) is 5.69 Å². The summed E-state index contributed by atoms with van der Waals surface area (Å²) in [5.74, 6) is 0.745. The molecule has 0 saturated heterocycles. The van der Waals surface area contributed by atoms with Gasteiger partial charge in [0.2, 0.25) is 0 Å². The predicted octanol–water partition coefficient (Wildman–Crippen LogP) is 1.99. The molecule has 0 bridgehead atoms. The van der Waals surface area contributed by atoms with E-state index in [9.17, 15) is 0 Å². The molecule has 1 aromatic heterocycles. The number of hydrogen-bond acceptors (Lipinski definition) is 4. The summed E-state index contributed by atoms with van der Waals surface area (Å²) in [6.07, 6.45) is 1.61. The highest BCUT2D eigenvalue weighted by atomic mass is 15.0. The topological polar surface area (TPSA) is 77.0 Å². The molecule has 0 saturated carbocycles. The zero-order chi connectivity index (χ0) is 10.7. The standard InChI is InChI=1S/C11H12N4/c12-8-2-1-3-10(6-8)15-11-5-4-9(13)7-14-11/h1-7H,12-13H2,(H,14,15). The van der Waals surface area contributed by atoms with Crippen molar-refractivity contribution < 1.29 is 0 Å². The van der Waals surface area contributed by atoms with Crippen molar-refractivity contribution in [1.29, 1.82) is 0 Å². The largest absolute Gasteiger partial charge is 0.399 e. The maximum absolute atomic E-state index is 5.66. The molecule has 0 spiro atoms. The first kappa shape index (κ1) is 9.33. The lowest BCUT2D eigenvalue weighted by molar-refractivity contribution is 1.31. The molecule has 5 N–H and O–H groups in total. The van der Waals surface area contributed by atoms with Crippen LogP contribution in [0.2, 0.25) is 0 Å². The molecule has 0 aliphatic heterocycles. The summed E-state index contributed by atoms with van der Waals surface area (Å²) in [7, 11) is 0. The van der Waals surface area contributed by atoms with Gasteiger partial charge in [0.15, 0.2) is 0 Å². The van der Waals surface area contributed by atoms with Crippen molar-refractivity contribution in [2.45, 2.75) is 0 Å². The SMILES string of the molecule is Nc1ccc(Nc2cccc(N)c2)nc1. The number of nitrogens with zero attached hydrogens (tertiary/aromatic N) is 1. The number of anilines is 4. The van der Waals surface area contributed by atoms with E-state index < -0.39 is 0 Å². The first-order chi connectivity index (χ1) is 7.24. The zero-order valence-electron chi connectivity index (χ0n) is 8.14. The van der Waals surface area contributed by atoms with Gasteiger partial charge in [-0.25, -0.2) is 4.98 Å². The van der Waals surface area contributed by atoms with Crippen LogP contribution in [0.1, 0.15) is 0 Å². The van der Waals surface area contributed by atoms with Gasteiger partial charge >= 0.3 is 0 Å². The summed E-state index contributed by atoms with van der Waals surface area (Å²) >= 11 is 0. The normalized spacial score (nSPS) is 9.87. The van der Waals surface area contributed by atoms with Crippen LogP contribution in [0.4, 0.5) is 22.9 Å². The minimum atomic E-state index is 0.646. The lowest BCUT2D eigenvalue weighted by atomic mass is 10.3. The minimum Gasteiger partial charge on any atom is -0.399 e. The van der Waals surface area contributed by atoms with Crippen molar-refractivity contribution in [3.8, 4) is 0 Å². The van der Waals surface area contributed by atoms with Gasteiger partial charge in [-0.3, -0.25) is 0 Å². The molecule has 0 amide bonds. The van der Waals surface area contributed by atoms with Crippen molar-refractivity contribution >= 4 is 22.9 Å². The fourth-order valence-electron chi connectivity index (χ4n) is 1.24. The Hall–Kier alpha value is -2.23. The van der Waals surface area contributed by atoms with Crippen molar-refractivity contribution in [2.75, 3.05) is 16.8 Å². The first-order valence-corrected chi connectivity index (χ1v) is 4.58. The molecule has 76 valence electrons. The highest BCUT2D eigenvalue weighted by Gasteiger charge is 1.95. The average molecular weight is 200 g/mol. The van der Waals surface area contributed by atoms with E-state index in [1.165, 1.54) is 0 Å². The molecule has 1 aromatic carbocycles. The number of nitrogens with one attached hydrogen (secondary N) is 1. The fraction of sp³-hybridized carbons (Fsp3) is 0. The van der Waals surface area contributed by atoms with Crippen LogP contribution in [0.25, 0.3) is 0 Å². The summed E-state index contributed by atoms with van der Waals surface area (Å²) in [6.45, 7) is 0. The molecular weight excluding hydrogens is 188 g/mol. The summed E-state index contributed by atoms with van der Waals surface area (Å²) in [5, 5.41) is 3.13. The van der Waals surface area contributed by atoms with Gasteiger partial charge in [-0.05, 0) is 30.3 Å². The minimum absolute atomic E-state index is 0.646. The summed E-state index contributed by atoms with van der Waals surface area (Å²) in [5.41, 5.74) is 13.5. The number of benzene rings is 1. The fourth-order valence-corrected chi connectivity index (χ4v) is 1.24. The van der Waals surface area contributed by atoms with Crippen LogP contribution in [-0.2, 0) is 0 Å². The average Bonchev–Trinajstić information content (AvgIpc) is 2.22. The van der Waals surface area contributed by atoms with Crippen molar-refractivity contribution in [3.05, 3.63) is 42.6 Å². The highest BCUT2D eigenvalue weighted by Crippen LogP contribution is 2.17. The van der Waals surface area contributed by atoms with Gasteiger partial charge in [-0.1, -0.05) is 6.07 Å². The van der Waals surface area contributed by atoms with Gasteiger partial charge < -0.3 is 16.8 Å². The number of nitrogen functional groups attached to an aromatic ring is 2. The Morgan fingerprint density at radius 2 is 1.87 bits per heavy atom. The van der Waals surface area contributed by atoms with Gasteiger partial charge in [0, 0.05) is 11.4 Å². The van der Waals surface area contributed by atoms with Crippen molar-refractivity contribution in [1.82, 2.24) is 4.98 Å². The van der Waals surface area contributed by atoms with E-state index in [1.807, 2.05) is 30.3 Å². The van der Waals surface area contributed by atoms with E-state index in [2.05, 4.69) is 10.3 Å². The Morgan fingerprint density at radius 1 is 1.00 bits per heavy atom. The maximum Gasteiger partial charge on any atom is 0.130 e. The third-order valence-electron chi connectivity index (χ3n) is 1.95. The second-order valence-corrected chi connectivity index (χ2v) is 3.23. The Labute approximate surface area is 87.9 Å². The molecule has 0 radical (unpaired) electrons. The van der Waals surface area contributed by atoms with Crippen molar-refractivity contribution in [2.24, 2.45) is 0 Å². The number of rotatable bonds is 2. The van der Waals surface area contributed by atoms with Crippen LogP contribution in [-0.4, -0.2) is 4.98 Å². The number of pyridine rings is 1. The Bertz CT molecular complexity index is 450. The molecule has 0 atom stereocenters. The van der Waals surface area contributed by atoms with Gasteiger partial charge in [0.05, 0.1) is 11.9 Å². The first-order valence-electron chi connectivity index (χ1n) is 4.58.